The van der Waals surface area contributed by atoms with Crippen LogP contribution in [-0.2, 0) is 4.43 Å². The largest absolute Gasteiger partial charge is 0.390 e. The molecular formula is C13H28O2Si. The monoisotopic (exact) mass is 244 g/mol. The van der Waals surface area contributed by atoms with Crippen LogP contribution in [0.25, 0.3) is 0 Å². The fourth-order valence-corrected chi connectivity index (χ4v) is 3.54. The van der Waals surface area contributed by atoms with Crippen LogP contribution in [0.2, 0.25) is 18.1 Å². The summed E-state index contributed by atoms with van der Waals surface area (Å²) < 4.78 is 6.24. The lowest BCUT2D eigenvalue weighted by Gasteiger charge is -2.47. The summed E-state index contributed by atoms with van der Waals surface area (Å²) in [5.74, 6) is -0.586. The average molecular weight is 244 g/mol. The molecule has 0 bridgehead atoms. The Hall–Kier alpha value is 0.137. The molecule has 3 heteroatoms. The lowest BCUT2D eigenvalue weighted by atomic mass is 9.85. The molecule has 0 spiro atoms. The van der Waals surface area contributed by atoms with Crippen LogP contribution in [-0.4, -0.2) is 19.2 Å². The minimum Gasteiger partial charge on any atom is -0.390 e. The van der Waals surface area contributed by atoms with E-state index in [1.807, 2.05) is 0 Å². The molecule has 0 aliphatic heterocycles. The first kappa shape index (κ1) is 14.2. The Balaban J connectivity index is 2.78. The Labute approximate surface area is 102 Å². The number of hydrogen-bond acceptors (Lipinski definition) is 2. The topological polar surface area (TPSA) is 29.5 Å². The summed E-state index contributed by atoms with van der Waals surface area (Å²) in [7, 11) is -1.86. The van der Waals surface area contributed by atoms with Gasteiger partial charge in [0.25, 0.3) is 0 Å². The third-order valence-electron chi connectivity index (χ3n) is 4.43. The van der Waals surface area contributed by atoms with E-state index in [2.05, 4.69) is 40.8 Å². The number of rotatable bonds is 2. The molecule has 16 heavy (non-hydrogen) atoms. The second-order valence-corrected chi connectivity index (χ2v) is 11.6. The van der Waals surface area contributed by atoms with Gasteiger partial charge in [0.15, 0.2) is 14.1 Å². The smallest absolute Gasteiger partial charge is 0.195 e. The highest BCUT2D eigenvalue weighted by atomic mass is 28.4. The molecule has 1 saturated carbocycles. The van der Waals surface area contributed by atoms with Crippen molar-refractivity contribution < 1.29 is 9.53 Å². The highest BCUT2D eigenvalue weighted by Gasteiger charge is 2.47. The summed E-state index contributed by atoms with van der Waals surface area (Å²) in [5.41, 5.74) is 0. The summed E-state index contributed by atoms with van der Waals surface area (Å²) in [4.78, 5) is 0. The molecule has 0 amide bonds. The van der Waals surface area contributed by atoms with Crippen molar-refractivity contribution in [3.8, 4) is 0 Å². The first-order chi connectivity index (χ1) is 7.08. The van der Waals surface area contributed by atoms with Crippen LogP contribution in [0.3, 0.4) is 0 Å². The fraction of sp³-hybridized carbons (Fsp3) is 1.00. The molecule has 1 aliphatic carbocycles. The molecule has 0 radical (unpaired) electrons. The molecule has 0 aromatic carbocycles. The van der Waals surface area contributed by atoms with Gasteiger partial charge in [0.1, 0.15) is 0 Å². The summed E-state index contributed by atoms with van der Waals surface area (Å²) in [6.45, 7) is 13.2. The standard InChI is InChI=1S/C13H28O2Si/c1-11-9-7-8-10-13(11,14)15-16(5,6)12(2,3)4/h11,14H,7-10H2,1-6H3. The van der Waals surface area contributed by atoms with Crippen molar-refractivity contribution in [2.24, 2.45) is 5.92 Å². The second kappa shape index (κ2) is 4.43. The lowest BCUT2D eigenvalue weighted by Crippen LogP contribution is -2.53. The first-order valence-electron chi connectivity index (χ1n) is 6.51. The molecule has 1 aliphatic rings. The van der Waals surface area contributed by atoms with Gasteiger partial charge in [0.2, 0.25) is 0 Å². The summed E-state index contributed by atoms with van der Waals surface area (Å²) in [6.07, 6.45) is 4.21. The van der Waals surface area contributed by atoms with E-state index in [4.69, 9.17) is 4.43 Å². The molecule has 1 N–H and O–H groups in total. The zero-order valence-corrected chi connectivity index (χ0v) is 12.8. The van der Waals surface area contributed by atoms with E-state index in [9.17, 15) is 5.11 Å². The first-order valence-corrected chi connectivity index (χ1v) is 9.42. The molecule has 0 aromatic heterocycles. The molecule has 0 saturated heterocycles. The van der Waals surface area contributed by atoms with Gasteiger partial charge in [0.05, 0.1) is 0 Å². The van der Waals surface area contributed by atoms with Crippen LogP contribution >= 0.6 is 0 Å². The van der Waals surface area contributed by atoms with Crippen molar-refractivity contribution in [1.82, 2.24) is 0 Å². The molecule has 1 rings (SSSR count). The molecule has 2 atom stereocenters. The van der Waals surface area contributed by atoms with Gasteiger partial charge in [0, 0.05) is 12.3 Å². The normalized spacial score (nSPS) is 32.8. The maximum atomic E-state index is 10.7. The Morgan fingerprint density at radius 3 is 2.25 bits per heavy atom. The van der Waals surface area contributed by atoms with Gasteiger partial charge >= 0.3 is 0 Å². The van der Waals surface area contributed by atoms with Crippen LogP contribution in [0.1, 0.15) is 53.4 Å². The maximum Gasteiger partial charge on any atom is 0.195 e. The van der Waals surface area contributed by atoms with Crippen LogP contribution < -0.4 is 0 Å². The Morgan fingerprint density at radius 1 is 1.25 bits per heavy atom. The van der Waals surface area contributed by atoms with E-state index in [0.29, 0.717) is 0 Å². The third-order valence-corrected chi connectivity index (χ3v) is 8.91. The molecule has 2 nitrogen and oxygen atoms in total. The summed E-state index contributed by atoms with van der Waals surface area (Å²) in [6, 6.07) is 0. The predicted octanol–water partition coefficient (Wildman–Crippen LogP) is 3.91. The van der Waals surface area contributed by atoms with Gasteiger partial charge < -0.3 is 9.53 Å². The van der Waals surface area contributed by atoms with Gasteiger partial charge in [-0.2, -0.15) is 0 Å². The maximum absolute atomic E-state index is 10.7. The molecule has 2 unspecified atom stereocenters. The highest BCUT2D eigenvalue weighted by molar-refractivity contribution is 6.74. The number of hydrogen-bond donors (Lipinski definition) is 1. The number of aliphatic hydroxyl groups is 1. The average Bonchev–Trinajstić information content (AvgIpc) is 2.07. The van der Waals surface area contributed by atoms with E-state index < -0.39 is 14.1 Å². The Morgan fingerprint density at radius 2 is 1.81 bits per heavy atom. The van der Waals surface area contributed by atoms with Crippen molar-refractivity contribution in [3.05, 3.63) is 0 Å². The SMILES string of the molecule is CC1CCCCC1(O)O[Si](C)(C)C(C)(C)C. The zero-order chi connectivity index (χ0) is 12.6. The molecule has 1 fully saturated rings. The van der Waals surface area contributed by atoms with E-state index >= 15 is 0 Å². The van der Waals surface area contributed by atoms with Crippen molar-refractivity contribution in [2.45, 2.75) is 77.3 Å². The van der Waals surface area contributed by atoms with Crippen molar-refractivity contribution in [3.63, 3.8) is 0 Å². The Bertz CT molecular complexity index is 245. The summed E-state index contributed by atoms with van der Waals surface area (Å²) in [5, 5.41) is 10.8. The fourth-order valence-electron chi connectivity index (χ4n) is 2.05. The van der Waals surface area contributed by atoms with Gasteiger partial charge in [-0.1, -0.05) is 34.1 Å². The zero-order valence-electron chi connectivity index (χ0n) is 11.8. The summed E-state index contributed by atoms with van der Waals surface area (Å²) >= 11 is 0. The molecule has 96 valence electrons. The lowest BCUT2D eigenvalue weighted by molar-refractivity contribution is -0.199. The van der Waals surface area contributed by atoms with Crippen LogP contribution in [0, 0.1) is 5.92 Å². The predicted molar refractivity (Wildman–Crippen MR) is 70.9 cm³/mol. The van der Waals surface area contributed by atoms with Gasteiger partial charge in [-0.25, -0.2) is 0 Å². The van der Waals surface area contributed by atoms with E-state index in [-0.39, 0.29) is 11.0 Å². The molecule has 0 aromatic rings. The van der Waals surface area contributed by atoms with Crippen LogP contribution in [0.4, 0.5) is 0 Å². The van der Waals surface area contributed by atoms with Crippen molar-refractivity contribution >= 4 is 8.32 Å². The third kappa shape index (κ3) is 2.87. The Kier molecular flexibility index (Phi) is 3.93. The highest BCUT2D eigenvalue weighted by Crippen LogP contribution is 2.43. The van der Waals surface area contributed by atoms with Gasteiger partial charge in [-0.05, 0) is 31.0 Å². The minimum absolute atomic E-state index is 0.167. The van der Waals surface area contributed by atoms with Gasteiger partial charge in [-0.15, -0.1) is 0 Å². The van der Waals surface area contributed by atoms with E-state index in [0.717, 1.165) is 19.3 Å². The van der Waals surface area contributed by atoms with Crippen LogP contribution in [0.5, 0.6) is 0 Å². The molecule has 0 heterocycles. The second-order valence-electron chi connectivity index (χ2n) is 6.85. The van der Waals surface area contributed by atoms with E-state index in [1.165, 1.54) is 6.42 Å². The van der Waals surface area contributed by atoms with Crippen LogP contribution in [0.15, 0.2) is 0 Å². The minimum atomic E-state index is -1.86. The van der Waals surface area contributed by atoms with E-state index in [1.54, 1.807) is 0 Å². The molecular weight excluding hydrogens is 216 g/mol. The quantitative estimate of drug-likeness (QED) is 0.589. The van der Waals surface area contributed by atoms with Crippen molar-refractivity contribution in [2.75, 3.05) is 0 Å². The van der Waals surface area contributed by atoms with Crippen molar-refractivity contribution in [1.29, 1.82) is 0 Å². The van der Waals surface area contributed by atoms with Gasteiger partial charge in [-0.3, -0.25) is 0 Å².